The summed E-state index contributed by atoms with van der Waals surface area (Å²) in [5, 5.41) is 22.1. The van der Waals surface area contributed by atoms with E-state index in [0.29, 0.717) is 16.7 Å². The first-order valence-corrected chi connectivity index (χ1v) is 7.41. The Balaban J connectivity index is 1.97. The Kier molecular flexibility index (Phi) is 4.36. The smallest absolute Gasteiger partial charge is 0.284 e. The summed E-state index contributed by atoms with van der Waals surface area (Å²) in [6.07, 6.45) is 3.59. The molecule has 2 N–H and O–H groups in total. The molecule has 19 heavy (non-hydrogen) atoms. The summed E-state index contributed by atoms with van der Waals surface area (Å²) in [4.78, 5) is 13.7. The second-order valence-electron chi connectivity index (χ2n) is 5.04. The van der Waals surface area contributed by atoms with Crippen molar-refractivity contribution in [1.82, 2.24) is 15.1 Å². The molecule has 0 bridgehead atoms. The van der Waals surface area contributed by atoms with Gasteiger partial charge >= 0.3 is 0 Å². The predicted molar refractivity (Wildman–Crippen MR) is 74.5 cm³/mol. The van der Waals surface area contributed by atoms with Crippen LogP contribution in [0.1, 0.15) is 42.4 Å². The van der Waals surface area contributed by atoms with E-state index in [1.807, 2.05) is 6.92 Å². The lowest BCUT2D eigenvalue weighted by molar-refractivity contribution is 0.0156. The molecule has 1 fully saturated rings. The SMILES string of the molecule is CCNc1nnc(C(=O)N(C)CC2(O)CCCC2)s1. The van der Waals surface area contributed by atoms with E-state index < -0.39 is 5.60 Å². The van der Waals surface area contributed by atoms with E-state index in [0.717, 1.165) is 32.2 Å². The van der Waals surface area contributed by atoms with Crippen molar-refractivity contribution in [3.05, 3.63) is 5.01 Å². The maximum atomic E-state index is 12.2. The van der Waals surface area contributed by atoms with Crippen LogP contribution in [0.4, 0.5) is 5.13 Å². The Morgan fingerprint density at radius 3 is 2.79 bits per heavy atom. The Bertz CT molecular complexity index is 443. The fourth-order valence-corrected chi connectivity index (χ4v) is 3.21. The molecule has 1 aliphatic carbocycles. The minimum absolute atomic E-state index is 0.179. The summed E-state index contributed by atoms with van der Waals surface area (Å²) in [6.45, 7) is 3.07. The average molecular weight is 284 g/mol. The lowest BCUT2D eigenvalue weighted by Gasteiger charge is -2.27. The minimum Gasteiger partial charge on any atom is -0.388 e. The molecule has 0 radical (unpaired) electrons. The molecule has 1 saturated carbocycles. The number of anilines is 1. The van der Waals surface area contributed by atoms with E-state index in [9.17, 15) is 9.90 Å². The van der Waals surface area contributed by atoms with Crippen molar-refractivity contribution < 1.29 is 9.90 Å². The van der Waals surface area contributed by atoms with Crippen molar-refractivity contribution in [2.45, 2.75) is 38.2 Å². The molecule has 0 spiro atoms. The molecule has 106 valence electrons. The summed E-state index contributed by atoms with van der Waals surface area (Å²) in [7, 11) is 1.70. The van der Waals surface area contributed by atoms with E-state index in [1.54, 1.807) is 11.9 Å². The molecule has 0 saturated heterocycles. The van der Waals surface area contributed by atoms with Crippen molar-refractivity contribution in [3.63, 3.8) is 0 Å². The summed E-state index contributed by atoms with van der Waals surface area (Å²) in [6, 6.07) is 0. The van der Waals surface area contributed by atoms with Crippen LogP contribution in [0, 0.1) is 0 Å². The molecule has 1 aliphatic rings. The second kappa shape index (κ2) is 5.83. The van der Waals surface area contributed by atoms with Crippen LogP contribution < -0.4 is 5.32 Å². The number of rotatable bonds is 5. The van der Waals surface area contributed by atoms with Gasteiger partial charge in [0.1, 0.15) is 0 Å². The molecular weight excluding hydrogens is 264 g/mol. The number of nitrogens with one attached hydrogen (secondary N) is 1. The zero-order chi connectivity index (χ0) is 13.9. The van der Waals surface area contributed by atoms with Gasteiger partial charge in [-0.15, -0.1) is 10.2 Å². The molecule has 1 amide bonds. The highest BCUT2D eigenvalue weighted by Crippen LogP contribution is 2.30. The predicted octanol–water partition coefficient (Wildman–Crippen LogP) is 1.35. The summed E-state index contributed by atoms with van der Waals surface area (Å²) >= 11 is 1.24. The first kappa shape index (κ1) is 14.2. The molecule has 1 heterocycles. The number of carbonyl (C=O) groups excluding carboxylic acids is 1. The average Bonchev–Trinajstić information content (AvgIpc) is 2.98. The van der Waals surface area contributed by atoms with Gasteiger partial charge in [0.05, 0.1) is 5.60 Å². The molecule has 6 nitrogen and oxygen atoms in total. The number of carbonyl (C=O) groups is 1. The van der Waals surface area contributed by atoms with Gasteiger partial charge in [-0.2, -0.15) is 0 Å². The molecule has 0 atom stereocenters. The molecule has 1 aromatic heterocycles. The van der Waals surface area contributed by atoms with Gasteiger partial charge in [0.15, 0.2) is 0 Å². The first-order chi connectivity index (χ1) is 9.04. The van der Waals surface area contributed by atoms with E-state index >= 15 is 0 Å². The number of amides is 1. The monoisotopic (exact) mass is 284 g/mol. The Morgan fingerprint density at radius 1 is 1.47 bits per heavy atom. The van der Waals surface area contributed by atoms with Crippen LogP contribution in [0.2, 0.25) is 0 Å². The zero-order valence-corrected chi connectivity index (χ0v) is 12.2. The Hall–Kier alpha value is -1.21. The number of aliphatic hydroxyl groups is 1. The van der Waals surface area contributed by atoms with Gasteiger partial charge in [0, 0.05) is 20.1 Å². The number of hydrogen-bond donors (Lipinski definition) is 2. The van der Waals surface area contributed by atoms with E-state index in [1.165, 1.54) is 11.3 Å². The highest BCUT2D eigenvalue weighted by molar-refractivity contribution is 7.17. The van der Waals surface area contributed by atoms with Gasteiger partial charge in [-0.3, -0.25) is 4.79 Å². The molecule has 0 unspecified atom stereocenters. The lowest BCUT2D eigenvalue weighted by Crippen LogP contribution is -2.42. The van der Waals surface area contributed by atoms with Crippen LogP contribution in [-0.2, 0) is 0 Å². The van der Waals surface area contributed by atoms with Gasteiger partial charge in [-0.25, -0.2) is 0 Å². The van der Waals surface area contributed by atoms with Crippen LogP contribution in [0.25, 0.3) is 0 Å². The summed E-state index contributed by atoms with van der Waals surface area (Å²) in [5.74, 6) is -0.179. The van der Waals surface area contributed by atoms with E-state index in [-0.39, 0.29) is 5.91 Å². The normalized spacial score (nSPS) is 17.4. The van der Waals surface area contributed by atoms with Crippen LogP contribution in [0.3, 0.4) is 0 Å². The molecule has 0 aromatic carbocycles. The topological polar surface area (TPSA) is 78.4 Å². The van der Waals surface area contributed by atoms with Gasteiger partial charge in [0.25, 0.3) is 5.91 Å². The molecular formula is C12H20N4O2S. The maximum absolute atomic E-state index is 12.2. The lowest BCUT2D eigenvalue weighted by atomic mass is 10.0. The fourth-order valence-electron chi connectivity index (χ4n) is 2.40. The van der Waals surface area contributed by atoms with E-state index in [2.05, 4.69) is 15.5 Å². The van der Waals surface area contributed by atoms with Crippen molar-refractivity contribution in [2.24, 2.45) is 0 Å². The highest BCUT2D eigenvalue weighted by atomic mass is 32.1. The highest BCUT2D eigenvalue weighted by Gasteiger charge is 2.34. The molecule has 1 aromatic rings. The first-order valence-electron chi connectivity index (χ1n) is 6.59. The molecule has 0 aliphatic heterocycles. The standard InChI is InChI=1S/C12H20N4O2S/c1-3-13-11-15-14-9(19-11)10(17)16(2)8-12(18)6-4-5-7-12/h18H,3-8H2,1-2H3,(H,13,15). The van der Waals surface area contributed by atoms with Crippen molar-refractivity contribution >= 4 is 22.4 Å². The van der Waals surface area contributed by atoms with Crippen molar-refractivity contribution in [3.8, 4) is 0 Å². The van der Waals surface area contributed by atoms with Gasteiger partial charge in [0.2, 0.25) is 10.1 Å². The number of hydrogen-bond acceptors (Lipinski definition) is 6. The third-order valence-corrected chi connectivity index (χ3v) is 4.22. The zero-order valence-electron chi connectivity index (χ0n) is 11.3. The largest absolute Gasteiger partial charge is 0.388 e. The minimum atomic E-state index is -0.723. The van der Waals surface area contributed by atoms with Gasteiger partial charge < -0.3 is 15.3 Å². The van der Waals surface area contributed by atoms with Gasteiger partial charge in [-0.05, 0) is 19.8 Å². The van der Waals surface area contributed by atoms with Gasteiger partial charge in [-0.1, -0.05) is 24.2 Å². The summed E-state index contributed by atoms with van der Waals surface area (Å²) < 4.78 is 0. The number of nitrogens with zero attached hydrogens (tertiary/aromatic N) is 3. The summed E-state index contributed by atoms with van der Waals surface area (Å²) in [5.41, 5.74) is -0.723. The third-order valence-electron chi connectivity index (χ3n) is 3.35. The molecule has 7 heteroatoms. The van der Waals surface area contributed by atoms with Crippen molar-refractivity contribution in [1.29, 1.82) is 0 Å². The Morgan fingerprint density at radius 2 is 2.16 bits per heavy atom. The number of aromatic nitrogens is 2. The fraction of sp³-hybridized carbons (Fsp3) is 0.750. The van der Waals surface area contributed by atoms with Crippen LogP contribution in [0.15, 0.2) is 0 Å². The number of likely N-dealkylation sites (N-methyl/N-ethyl adjacent to an activating group) is 1. The van der Waals surface area contributed by atoms with Crippen LogP contribution in [0.5, 0.6) is 0 Å². The third kappa shape index (κ3) is 3.42. The Labute approximate surface area is 116 Å². The van der Waals surface area contributed by atoms with E-state index in [4.69, 9.17) is 0 Å². The van der Waals surface area contributed by atoms with Crippen LogP contribution >= 0.6 is 11.3 Å². The maximum Gasteiger partial charge on any atom is 0.284 e. The second-order valence-corrected chi connectivity index (χ2v) is 6.01. The quantitative estimate of drug-likeness (QED) is 0.853. The van der Waals surface area contributed by atoms with Crippen LogP contribution in [-0.4, -0.2) is 51.8 Å². The molecule has 2 rings (SSSR count). The van der Waals surface area contributed by atoms with Crippen molar-refractivity contribution in [2.75, 3.05) is 25.5 Å².